The summed E-state index contributed by atoms with van der Waals surface area (Å²) in [6.07, 6.45) is 7.27. The van der Waals surface area contributed by atoms with E-state index in [0.29, 0.717) is 5.82 Å². The Bertz CT molecular complexity index is 2980. The zero-order valence-corrected chi connectivity index (χ0v) is 33.4. The number of nitrogens with zero attached hydrogens (tertiary/aromatic N) is 5. The average Bonchev–Trinajstić information content (AvgIpc) is 3.65. The molecule has 0 saturated heterocycles. The van der Waals surface area contributed by atoms with Crippen LogP contribution in [0, 0.1) is 0 Å². The molecule has 12 rings (SSSR count). The lowest BCUT2D eigenvalue weighted by Gasteiger charge is -2.40. The summed E-state index contributed by atoms with van der Waals surface area (Å²) in [5, 5.41) is 0. The van der Waals surface area contributed by atoms with Crippen molar-refractivity contribution in [2.24, 2.45) is 0 Å². The highest BCUT2D eigenvalue weighted by Crippen LogP contribution is 2.64. The van der Waals surface area contributed by atoms with Gasteiger partial charge in [0.15, 0.2) is 5.82 Å². The highest BCUT2D eigenvalue weighted by molar-refractivity contribution is 5.92. The van der Waals surface area contributed by atoms with Gasteiger partial charge in [-0.2, -0.15) is 0 Å². The maximum Gasteiger partial charge on any atom is 0.164 e. The van der Waals surface area contributed by atoms with Crippen LogP contribution in [0.1, 0.15) is 22.3 Å². The van der Waals surface area contributed by atoms with Gasteiger partial charge in [0, 0.05) is 63.7 Å². The number of fused-ring (bicyclic) bond motifs is 9. The lowest BCUT2D eigenvalue weighted by Crippen LogP contribution is -2.32. The number of pyridine rings is 3. The first kappa shape index (κ1) is 35.6. The first-order valence-corrected chi connectivity index (χ1v) is 20.7. The van der Waals surface area contributed by atoms with Crippen molar-refractivity contribution in [1.29, 1.82) is 0 Å². The Morgan fingerprint density at radius 2 is 0.758 bits per heavy atom. The van der Waals surface area contributed by atoms with E-state index in [1.165, 1.54) is 22.3 Å². The summed E-state index contributed by atoms with van der Waals surface area (Å²) in [6, 6.07) is 65.5. The predicted molar refractivity (Wildman–Crippen MR) is 245 cm³/mol. The standard InChI is InChI=1S/C56H35N5O/c1-3-15-36(16-4-1)51-33-52(37-17-5-2-6-18-37)61-55(60-51)44-24-12-28-48-54(44)62-53-41(40-31-49(38-19-13-29-57-34-38)59-50(32-40)39-20-14-30-58-35-39)23-11-27-47(53)56(48)45-25-9-7-21-42(45)43-22-8-10-26-46(43)56/h1-35H. The number of hydrogen-bond acceptors (Lipinski definition) is 6. The Hall–Kier alpha value is -8.35. The van der Waals surface area contributed by atoms with E-state index in [4.69, 9.17) is 19.7 Å². The second-order valence-corrected chi connectivity index (χ2v) is 15.6. The van der Waals surface area contributed by atoms with Crippen LogP contribution in [-0.2, 0) is 5.41 Å². The third kappa shape index (κ3) is 5.61. The molecule has 0 fully saturated rings. The minimum absolute atomic E-state index is 0.583. The lowest BCUT2D eigenvalue weighted by atomic mass is 9.65. The zero-order valence-electron chi connectivity index (χ0n) is 33.4. The maximum atomic E-state index is 7.52. The van der Waals surface area contributed by atoms with E-state index in [-0.39, 0.29) is 0 Å². The highest BCUT2D eigenvalue weighted by atomic mass is 16.5. The van der Waals surface area contributed by atoms with Gasteiger partial charge in [0.2, 0.25) is 0 Å². The summed E-state index contributed by atoms with van der Waals surface area (Å²) in [7, 11) is 0. The fourth-order valence-corrected chi connectivity index (χ4v) is 9.44. The number of rotatable bonds is 6. The molecule has 0 radical (unpaired) electrons. The van der Waals surface area contributed by atoms with Crippen LogP contribution in [0.25, 0.3) is 78.7 Å². The summed E-state index contributed by atoms with van der Waals surface area (Å²) >= 11 is 0. The number of aromatic nitrogens is 5. The molecule has 10 aromatic rings. The van der Waals surface area contributed by atoms with Crippen LogP contribution in [-0.4, -0.2) is 24.9 Å². The molecule has 6 aromatic carbocycles. The number of benzene rings is 6. The van der Waals surface area contributed by atoms with Crippen molar-refractivity contribution in [3.8, 4) is 90.2 Å². The molecule has 0 saturated carbocycles. The monoisotopic (exact) mass is 793 g/mol. The van der Waals surface area contributed by atoms with Crippen LogP contribution >= 0.6 is 0 Å². The summed E-state index contributed by atoms with van der Waals surface area (Å²) in [6.45, 7) is 0. The molecule has 0 N–H and O–H groups in total. The molecule has 290 valence electrons. The van der Waals surface area contributed by atoms with E-state index in [1.807, 2.05) is 73.1 Å². The van der Waals surface area contributed by atoms with Gasteiger partial charge in [0.05, 0.1) is 33.8 Å². The van der Waals surface area contributed by atoms with Crippen molar-refractivity contribution in [2.75, 3.05) is 0 Å². The Morgan fingerprint density at radius 3 is 1.29 bits per heavy atom. The van der Waals surface area contributed by atoms with Crippen LogP contribution in [0.4, 0.5) is 0 Å². The van der Waals surface area contributed by atoms with E-state index in [9.17, 15) is 0 Å². The van der Waals surface area contributed by atoms with Crippen molar-refractivity contribution in [1.82, 2.24) is 24.9 Å². The largest absolute Gasteiger partial charge is 0.455 e. The van der Waals surface area contributed by atoms with Crippen LogP contribution in [0.5, 0.6) is 11.5 Å². The van der Waals surface area contributed by atoms with Crippen molar-refractivity contribution in [3.63, 3.8) is 0 Å². The lowest BCUT2D eigenvalue weighted by molar-refractivity contribution is 0.439. The van der Waals surface area contributed by atoms with Crippen LogP contribution in [0.3, 0.4) is 0 Å². The highest BCUT2D eigenvalue weighted by Gasteiger charge is 2.52. The molecule has 0 amide bonds. The summed E-state index contributed by atoms with van der Waals surface area (Å²) in [5.41, 5.74) is 16.0. The van der Waals surface area contributed by atoms with Gasteiger partial charge < -0.3 is 4.74 Å². The molecule has 1 aliphatic heterocycles. The number of hydrogen-bond donors (Lipinski definition) is 0. The summed E-state index contributed by atoms with van der Waals surface area (Å²) in [5.74, 6) is 2.07. The van der Waals surface area contributed by atoms with Gasteiger partial charge in [-0.3, -0.25) is 9.97 Å². The fraction of sp³-hybridized carbons (Fsp3) is 0.0179. The molecule has 0 bridgehead atoms. The summed E-state index contributed by atoms with van der Waals surface area (Å²) in [4.78, 5) is 24.7. The van der Waals surface area contributed by atoms with Gasteiger partial charge in [0.1, 0.15) is 11.5 Å². The zero-order chi connectivity index (χ0) is 41.0. The van der Waals surface area contributed by atoms with Gasteiger partial charge in [-0.05, 0) is 76.3 Å². The molecule has 6 heteroatoms. The van der Waals surface area contributed by atoms with Gasteiger partial charge in [0.25, 0.3) is 0 Å². The molecule has 2 aliphatic rings. The van der Waals surface area contributed by atoms with Crippen LogP contribution in [0.15, 0.2) is 213 Å². The predicted octanol–water partition coefficient (Wildman–Crippen LogP) is 13.1. The molecule has 1 spiro atoms. The minimum atomic E-state index is -0.729. The normalized spacial score (nSPS) is 12.8. The van der Waals surface area contributed by atoms with Crippen LogP contribution in [0.2, 0.25) is 0 Å². The minimum Gasteiger partial charge on any atom is -0.455 e. The molecular formula is C56H35N5O. The third-order valence-electron chi connectivity index (χ3n) is 12.2. The van der Waals surface area contributed by atoms with Crippen molar-refractivity contribution >= 4 is 0 Å². The first-order valence-electron chi connectivity index (χ1n) is 20.7. The molecule has 1 aliphatic carbocycles. The van der Waals surface area contributed by atoms with E-state index >= 15 is 0 Å². The molecule has 0 unspecified atom stereocenters. The second-order valence-electron chi connectivity index (χ2n) is 15.6. The molecule has 5 heterocycles. The molecule has 6 nitrogen and oxygen atoms in total. The van der Waals surface area contributed by atoms with Gasteiger partial charge in [-0.1, -0.05) is 140 Å². The molecule has 0 atom stereocenters. The third-order valence-corrected chi connectivity index (χ3v) is 12.2. The van der Waals surface area contributed by atoms with E-state index in [2.05, 4.69) is 137 Å². The smallest absolute Gasteiger partial charge is 0.164 e. The first-order chi connectivity index (χ1) is 30.7. The number of para-hydroxylation sites is 2. The van der Waals surface area contributed by atoms with E-state index in [0.717, 1.165) is 84.3 Å². The Balaban J connectivity index is 1.16. The average molecular weight is 794 g/mol. The number of ether oxygens (including phenoxy) is 1. The topological polar surface area (TPSA) is 73.7 Å². The molecule has 62 heavy (non-hydrogen) atoms. The van der Waals surface area contributed by atoms with Gasteiger partial charge >= 0.3 is 0 Å². The second kappa shape index (κ2) is 14.4. The fourth-order valence-electron chi connectivity index (χ4n) is 9.44. The Kier molecular flexibility index (Phi) is 8.28. The van der Waals surface area contributed by atoms with E-state index < -0.39 is 5.41 Å². The van der Waals surface area contributed by atoms with E-state index in [1.54, 1.807) is 12.4 Å². The maximum absolute atomic E-state index is 7.52. The van der Waals surface area contributed by atoms with Gasteiger partial charge in [-0.25, -0.2) is 15.0 Å². The molecular weight excluding hydrogens is 759 g/mol. The summed E-state index contributed by atoms with van der Waals surface area (Å²) < 4.78 is 7.52. The quantitative estimate of drug-likeness (QED) is 0.167. The van der Waals surface area contributed by atoms with Crippen molar-refractivity contribution < 1.29 is 4.74 Å². The van der Waals surface area contributed by atoms with Crippen LogP contribution < -0.4 is 4.74 Å². The van der Waals surface area contributed by atoms with Crippen molar-refractivity contribution in [3.05, 3.63) is 235 Å². The molecule has 4 aromatic heterocycles. The van der Waals surface area contributed by atoms with Crippen molar-refractivity contribution in [2.45, 2.75) is 5.41 Å². The Labute approximate surface area is 359 Å². The Morgan fingerprint density at radius 1 is 0.323 bits per heavy atom. The SMILES string of the molecule is c1ccc(-c2cc(-c3ccccc3)nc(-c3cccc4c3Oc3c(-c5cc(-c6cccnc6)nc(-c6cccnc6)c5)cccc3C43c4ccccc4-c4ccccc43)n2)cc1. The van der Waals surface area contributed by atoms with Gasteiger partial charge in [-0.15, -0.1) is 0 Å².